The summed E-state index contributed by atoms with van der Waals surface area (Å²) in [5, 5.41) is 17.7. The predicted octanol–water partition coefficient (Wildman–Crippen LogP) is 4.49. The lowest BCUT2D eigenvalue weighted by atomic mass is 9.91. The largest absolute Gasteiger partial charge is 0.478 e. The van der Waals surface area contributed by atoms with Gasteiger partial charge < -0.3 is 15.7 Å². The number of nitrogens with zero attached hydrogens (tertiary/aromatic N) is 3. The zero-order valence-electron chi connectivity index (χ0n) is 17.9. The van der Waals surface area contributed by atoms with Gasteiger partial charge in [0.2, 0.25) is 0 Å². The summed E-state index contributed by atoms with van der Waals surface area (Å²) in [5.41, 5.74) is 4.48. The molecule has 0 bridgehead atoms. The maximum atomic E-state index is 12.0. The first-order valence-corrected chi connectivity index (χ1v) is 10.9. The third-order valence-electron chi connectivity index (χ3n) is 6.31. The Morgan fingerprint density at radius 3 is 2.50 bits per heavy atom. The van der Waals surface area contributed by atoms with Gasteiger partial charge >= 0.3 is 5.97 Å². The third-order valence-corrected chi connectivity index (χ3v) is 6.31. The lowest BCUT2D eigenvalue weighted by Gasteiger charge is -2.30. The van der Waals surface area contributed by atoms with Crippen LogP contribution in [0, 0.1) is 0 Å². The van der Waals surface area contributed by atoms with Gasteiger partial charge in [0.15, 0.2) is 0 Å². The van der Waals surface area contributed by atoms with Crippen molar-refractivity contribution in [1.29, 1.82) is 0 Å². The number of aromatic carboxylic acids is 1. The molecule has 1 aromatic carbocycles. The Morgan fingerprint density at radius 1 is 0.969 bits per heavy atom. The highest BCUT2D eigenvalue weighted by Crippen LogP contribution is 2.31. The van der Waals surface area contributed by atoms with E-state index in [-0.39, 0.29) is 11.6 Å². The van der Waals surface area contributed by atoms with Gasteiger partial charge in [0, 0.05) is 35.4 Å². The molecule has 4 aromatic rings. The van der Waals surface area contributed by atoms with Crippen LogP contribution < -0.4 is 10.6 Å². The highest BCUT2D eigenvalue weighted by molar-refractivity contribution is 6.03. The van der Waals surface area contributed by atoms with E-state index in [9.17, 15) is 9.90 Å². The van der Waals surface area contributed by atoms with Gasteiger partial charge in [-0.25, -0.2) is 9.78 Å². The fourth-order valence-electron chi connectivity index (χ4n) is 4.48. The summed E-state index contributed by atoms with van der Waals surface area (Å²) in [4.78, 5) is 25.7. The van der Waals surface area contributed by atoms with Crippen molar-refractivity contribution in [1.82, 2.24) is 20.3 Å². The second kappa shape index (κ2) is 8.51. The summed E-state index contributed by atoms with van der Waals surface area (Å²) in [6.07, 6.45) is 7.29. The second-order valence-corrected chi connectivity index (χ2v) is 8.31. The van der Waals surface area contributed by atoms with Gasteiger partial charge in [-0.3, -0.25) is 9.97 Å². The van der Waals surface area contributed by atoms with E-state index in [1.54, 1.807) is 6.20 Å². The van der Waals surface area contributed by atoms with Gasteiger partial charge in [-0.15, -0.1) is 0 Å². The molecule has 1 aliphatic rings. The summed E-state index contributed by atoms with van der Waals surface area (Å²) in [6.45, 7) is 0. The van der Waals surface area contributed by atoms with E-state index in [4.69, 9.17) is 4.98 Å². The molecule has 7 nitrogen and oxygen atoms in total. The van der Waals surface area contributed by atoms with E-state index < -0.39 is 5.97 Å². The number of nitrogens with one attached hydrogen (secondary N) is 2. The van der Waals surface area contributed by atoms with Crippen LogP contribution in [-0.4, -0.2) is 45.2 Å². The normalized spacial score (nSPS) is 18.7. The highest BCUT2D eigenvalue weighted by atomic mass is 16.4. The summed E-state index contributed by atoms with van der Waals surface area (Å²) in [7, 11) is 1.99. The minimum atomic E-state index is -1.01. The number of benzene rings is 1. The topological polar surface area (TPSA) is 100 Å². The molecule has 0 saturated heterocycles. The summed E-state index contributed by atoms with van der Waals surface area (Å²) >= 11 is 0. The summed E-state index contributed by atoms with van der Waals surface area (Å²) < 4.78 is 0. The standard InChI is InChI=1S/C25H25N5O2/c1-26-17-6-8-18(9-7-17)29-23-19(25(31)32)14-28-22-11-10-21(30-24(22)23)16-12-15-4-2-3-5-20(15)27-13-16/h2-5,10-14,17-18,26H,6-9H2,1H3,(H,28,29)(H,31,32)/t17-,18-. The van der Waals surface area contributed by atoms with Crippen LogP contribution >= 0.6 is 0 Å². The molecule has 0 aliphatic heterocycles. The Hall–Kier alpha value is -3.58. The number of carboxylic acid groups (broad SMARTS) is 1. The smallest absolute Gasteiger partial charge is 0.339 e. The van der Waals surface area contributed by atoms with Gasteiger partial charge in [-0.2, -0.15) is 0 Å². The van der Waals surface area contributed by atoms with Gasteiger partial charge in [0.25, 0.3) is 0 Å². The van der Waals surface area contributed by atoms with E-state index in [0.29, 0.717) is 22.8 Å². The van der Waals surface area contributed by atoms with Crippen LogP contribution in [0.25, 0.3) is 33.2 Å². The number of hydrogen-bond acceptors (Lipinski definition) is 6. The zero-order chi connectivity index (χ0) is 22.1. The molecule has 0 atom stereocenters. The van der Waals surface area contributed by atoms with E-state index in [1.165, 1.54) is 6.20 Å². The molecule has 0 unspecified atom stereocenters. The first-order valence-electron chi connectivity index (χ1n) is 10.9. The van der Waals surface area contributed by atoms with Crippen molar-refractivity contribution in [2.75, 3.05) is 12.4 Å². The summed E-state index contributed by atoms with van der Waals surface area (Å²) in [5.74, 6) is -1.01. The van der Waals surface area contributed by atoms with Crippen molar-refractivity contribution in [3.05, 3.63) is 60.4 Å². The van der Waals surface area contributed by atoms with E-state index in [1.807, 2.05) is 43.4 Å². The molecular weight excluding hydrogens is 402 g/mol. The average Bonchev–Trinajstić information content (AvgIpc) is 2.84. The van der Waals surface area contributed by atoms with Gasteiger partial charge in [-0.1, -0.05) is 18.2 Å². The van der Waals surface area contributed by atoms with Crippen molar-refractivity contribution in [2.24, 2.45) is 0 Å². The first kappa shape index (κ1) is 20.3. The van der Waals surface area contributed by atoms with Crippen molar-refractivity contribution < 1.29 is 9.90 Å². The second-order valence-electron chi connectivity index (χ2n) is 8.31. The molecular formula is C25H25N5O2. The zero-order valence-corrected chi connectivity index (χ0v) is 17.9. The lowest BCUT2D eigenvalue weighted by molar-refractivity contribution is 0.0697. The van der Waals surface area contributed by atoms with Gasteiger partial charge in [0.1, 0.15) is 11.1 Å². The Kier molecular flexibility index (Phi) is 5.41. The third kappa shape index (κ3) is 3.87. The summed E-state index contributed by atoms with van der Waals surface area (Å²) in [6, 6.07) is 14.5. The fourth-order valence-corrected chi connectivity index (χ4v) is 4.48. The van der Waals surface area contributed by atoms with Crippen LogP contribution in [-0.2, 0) is 0 Å². The number of para-hydroxylation sites is 1. The van der Waals surface area contributed by atoms with E-state index >= 15 is 0 Å². The van der Waals surface area contributed by atoms with Gasteiger partial charge in [-0.05, 0) is 57.0 Å². The Balaban J connectivity index is 1.57. The number of carbonyl (C=O) groups is 1. The van der Waals surface area contributed by atoms with Crippen molar-refractivity contribution in [3.63, 3.8) is 0 Å². The van der Waals surface area contributed by atoms with E-state index in [0.717, 1.165) is 47.8 Å². The first-order chi connectivity index (χ1) is 15.6. The molecule has 1 fully saturated rings. The molecule has 0 spiro atoms. The number of hydrogen-bond donors (Lipinski definition) is 3. The lowest BCUT2D eigenvalue weighted by Crippen LogP contribution is -2.35. The molecule has 3 N–H and O–H groups in total. The van der Waals surface area contributed by atoms with Crippen LogP contribution in [0.4, 0.5) is 5.69 Å². The molecule has 1 saturated carbocycles. The number of anilines is 1. The van der Waals surface area contributed by atoms with Crippen molar-refractivity contribution in [3.8, 4) is 11.3 Å². The van der Waals surface area contributed by atoms with Crippen LogP contribution in [0.15, 0.2) is 54.9 Å². The monoisotopic (exact) mass is 427 g/mol. The number of rotatable bonds is 5. The maximum Gasteiger partial charge on any atom is 0.339 e. The van der Waals surface area contributed by atoms with E-state index in [2.05, 4.69) is 26.7 Å². The molecule has 162 valence electrons. The molecule has 32 heavy (non-hydrogen) atoms. The molecule has 7 heteroatoms. The molecule has 0 amide bonds. The average molecular weight is 428 g/mol. The fraction of sp³-hybridized carbons (Fsp3) is 0.280. The number of pyridine rings is 3. The van der Waals surface area contributed by atoms with Crippen LogP contribution in [0.2, 0.25) is 0 Å². The van der Waals surface area contributed by atoms with Crippen molar-refractivity contribution in [2.45, 2.75) is 37.8 Å². The predicted molar refractivity (Wildman–Crippen MR) is 126 cm³/mol. The molecule has 3 heterocycles. The Morgan fingerprint density at radius 2 is 1.72 bits per heavy atom. The number of aromatic nitrogens is 3. The van der Waals surface area contributed by atoms with Gasteiger partial charge in [0.05, 0.1) is 22.4 Å². The van der Waals surface area contributed by atoms with Crippen LogP contribution in [0.5, 0.6) is 0 Å². The maximum absolute atomic E-state index is 12.0. The number of carboxylic acids is 1. The Labute approximate surface area is 185 Å². The molecule has 1 aliphatic carbocycles. The minimum absolute atomic E-state index is 0.148. The Bertz CT molecular complexity index is 1300. The van der Waals surface area contributed by atoms with Crippen LogP contribution in [0.3, 0.4) is 0 Å². The molecule has 0 radical (unpaired) electrons. The quantitative estimate of drug-likeness (QED) is 0.432. The number of fused-ring (bicyclic) bond motifs is 2. The van der Waals surface area contributed by atoms with Crippen molar-refractivity contribution >= 4 is 33.6 Å². The molecule has 5 rings (SSSR count). The SMILES string of the molecule is CN[C@H]1CC[C@H](Nc2c(C(=O)O)cnc3ccc(-c4cnc5ccccc5c4)nc23)CC1. The minimum Gasteiger partial charge on any atom is -0.478 e. The van der Waals surface area contributed by atoms with Crippen LogP contribution in [0.1, 0.15) is 36.0 Å². The molecule has 3 aromatic heterocycles. The highest BCUT2D eigenvalue weighted by Gasteiger charge is 2.24.